The number of nitrogens with zero attached hydrogens (tertiary/aromatic N) is 2. The standard InChI is InChI=1S/C19H26N2O2/c1-13(2)10-17-16(12-19(22)23)18(11-14(3)4)21(20-17)15-8-6-5-7-9-15/h5-9,13-14H,10-12H2,1-4H3,(H,22,23). The highest BCUT2D eigenvalue weighted by atomic mass is 16.4. The fraction of sp³-hybridized carbons (Fsp3) is 0.474. The highest BCUT2D eigenvalue weighted by molar-refractivity contribution is 5.71. The number of aromatic nitrogens is 2. The van der Waals surface area contributed by atoms with E-state index in [0.717, 1.165) is 35.5 Å². The lowest BCUT2D eigenvalue weighted by molar-refractivity contribution is -0.136. The number of hydrogen-bond acceptors (Lipinski definition) is 2. The summed E-state index contributed by atoms with van der Waals surface area (Å²) in [6, 6.07) is 9.97. The van der Waals surface area contributed by atoms with Gasteiger partial charge < -0.3 is 5.11 Å². The van der Waals surface area contributed by atoms with Crippen LogP contribution in [0.2, 0.25) is 0 Å². The average Bonchev–Trinajstić information content (AvgIpc) is 2.76. The number of carboxylic acids is 1. The van der Waals surface area contributed by atoms with Crippen molar-refractivity contribution in [1.29, 1.82) is 0 Å². The van der Waals surface area contributed by atoms with Crippen molar-refractivity contribution in [3.63, 3.8) is 0 Å². The fourth-order valence-electron chi connectivity index (χ4n) is 2.82. The minimum absolute atomic E-state index is 0.0386. The molecular weight excluding hydrogens is 288 g/mol. The van der Waals surface area contributed by atoms with Crippen molar-refractivity contribution in [1.82, 2.24) is 9.78 Å². The minimum Gasteiger partial charge on any atom is -0.481 e. The second kappa shape index (κ2) is 7.44. The van der Waals surface area contributed by atoms with Crippen molar-refractivity contribution in [3.05, 3.63) is 47.3 Å². The summed E-state index contributed by atoms with van der Waals surface area (Å²) in [5, 5.41) is 14.1. The first-order chi connectivity index (χ1) is 10.9. The molecule has 0 bridgehead atoms. The van der Waals surface area contributed by atoms with E-state index in [1.165, 1.54) is 0 Å². The van der Waals surface area contributed by atoms with E-state index >= 15 is 0 Å². The number of benzene rings is 1. The summed E-state index contributed by atoms with van der Waals surface area (Å²) in [5.74, 6) is 0.0785. The van der Waals surface area contributed by atoms with Gasteiger partial charge in [0.2, 0.25) is 0 Å². The predicted octanol–water partition coefficient (Wildman–Crippen LogP) is 3.90. The van der Waals surface area contributed by atoms with Crippen molar-refractivity contribution in [2.75, 3.05) is 0 Å². The molecule has 0 saturated carbocycles. The highest BCUT2D eigenvalue weighted by Gasteiger charge is 2.22. The average molecular weight is 314 g/mol. The first kappa shape index (κ1) is 17.3. The molecule has 4 heteroatoms. The third-order valence-electron chi connectivity index (χ3n) is 3.71. The highest BCUT2D eigenvalue weighted by Crippen LogP contribution is 2.24. The molecular formula is C19H26N2O2. The Morgan fingerprint density at radius 3 is 2.22 bits per heavy atom. The van der Waals surface area contributed by atoms with E-state index in [-0.39, 0.29) is 6.42 Å². The van der Waals surface area contributed by atoms with Crippen LogP contribution in [-0.2, 0) is 24.1 Å². The summed E-state index contributed by atoms with van der Waals surface area (Å²) in [7, 11) is 0. The number of rotatable bonds is 7. The Labute approximate surface area is 138 Å². The Bertz CT molecular complexity index is 658. The van der Waals surface area contributed by atoms with Gasteiger partial charge in [0.05, 0.1) is 17.8 Å². The molecule has 1 aromatic carbocycles. The van der Waals surface area contributed by atoms with Crippen LogP contribution in [0.25, 0.3) is 5.69 Å². The molecule has 0 aliphatic carbocycles. The lowest BCUT2D eigenvalue weighted by Gasteiger charge is -2.11. The van der Waals surface area contributed by atoms with E-state index < -0.39 is 5.97 Å². The van der Waals surface area contributed by atoms with Crippen LogP contribution in [0.4, 0.5) is 0 Å². The zero-order valence-electron chi connectivity index (χ0n) is 14.4. The van der Waals surface area contributed by atoms with Gasteiger partial charge in [0.15, 0.2) is 0 Å². The van der Waals surface area contributed by atoms with Crippen molar-refractivity contribution in [3.8, 4) is 5.69 Å². The fourth-order valence-corrected chi connectivity index (χ4v) is 2.82. The van der Waals surface area contributed by atoms with Crippen molar-refractivity contribution >= 4 is 5.97 Å². The van der Waals surface area contributed by atoms with E-state index in [1.807, 2.05) is 35.0 Å². The summed E-state index contributed by atoms with van der Waals surface area (Å²) in [6.07, 6.45) is 1.66. The Morgan fingerprint density at radius 1 is 1.09 bits per heavy atom. The number of carboxylic acid groups (broad SMARTS) is 1. The molecule has 1 heterocycles. The van der Waals surface area contributed by atoms with E-state index in [0.29, 0.717) is 11.8 Å². The second-order valence-electron chi connectivity index (χ2n) is 6.89. The van der Waals surface area contributed by atoms with Gasteiger partial charge in [-0.05, 0) is 36.8 Å². The van der Waals surface area contributed by atoms with Gasteiger partial charge in [0.1, 0.15) is 0 Å². The van der Waals surface area contributed by atoms with Gasteiger partial charge in [-0.15, -0.1) is 0 Å². The molecule has 0 spiro atoms. The van der Waals surface area contributed by atoms with Crippen LogP contribution < -0.4 is 0 Å². The molecule has 1 N–H and O–H groups in total. The van der Waals surface area contributed by atoms with Crippen LogP contribution in [0.3, 0.4) is 0 Å². The monoisotopic (exact) mass is 314 g/mol. The topological polar surface area (TPSA) is 55.1 Å². The lowest BCUT2D eigenvalue weighted by Crippen LogP contribution is -2.10. The van der Waals surface area contributed by atoms with Crippen LogP contribution in [0.5, 0.6) is 0 Å². The molecule has 23 heavy (non-hydrogen) atoms. The van der Waals surface area contributed by atoms with E-state index in [4.69, 9.17) is 5.10 Å². The molecule has 4 nitrogen and oxygen atoms in total. The molecule has 2 rings (SSSR count). The van der Waals surface area contributed by atoms with Gasteiger partial charge in [-0.2, -0.15) is 5.10 Å². The van der Waals surface area contributed by atoms with E-state index in [1.54, 1.807) is 0 Å². The quantitative estimate of drug-likeness (QED) is 0.843. The smallest absolute Gasteiger partial charge is 0.307 e. The molecule has 0 amide bonds. The summed E-state index contributed by atoms with van der Waals surface area (Å²) in [4.78, 5) is 11.4. The van der Waals surface area contributed by atoms with Gasteiger partial charge >= 0.3 is 5.97 Å². The molecule has 0 aliphatic heterocycles. The third-order valence-corrected chi connectivity index (χ3v) is 3.71. The Hall–Kier alpha value is -2.10. The summed E-state index contributed by atoms with van der Waals surface area (Å²) in [5.41, 5.74) is 3.83. The number of hydrogen-bond donors (Lipinski definition) is 1. The van der Waals surface area contributed by atoms with Gasteiger partial charge in [0.25, 0.3) is 0 Å². The molecule has 2 aromatic rings. The van der Waals surface area contributed by atoms with Gasteiger partial charge in [-0.1, -0.05) is 45.9 Å². The van der Waals surface area contributed by atoms with Crippen molar-refractivity contribution in [2.45, 2.75) is 47.0 Å². The Balaban J connectivity index is 2.59. The summed E-state index contributed by atoms with van der Waals surface area (Å²) < 4.78 is 1.94. The third kappa shape index (κ3) is 4.44. The molecule has 0 unspecified atom stereocenters. The molecule has 0 fully saturated rings. The molecule has 0 atom stereocenters. The molecule has 1 aromatic heterocycles. The van der Waals surface area contributed by atoms with Gasteiger partial charge in [-0.3, -0.25) is 4.79 Å². The predicted molar refractivity (Wildman–Crippen MR) is 92.0 cm³/mol. The Kier molecular flexibility index (Phi) is 5.59. The first-order valence-corrected chi connectivity index (χ1v) is 8.25. The molecule has 0 radical (unpaired) electrons. The van der Waals surface area contributed by atoms with E-state index in [9.17, 15) is 9.90 Å². The summed E-state index contributed by atoms with van der Waals surface area (Å²) >= 11 is 0. The molecule has 124 valence electrons. The SMILES string of the molecule is CC(C)Cc1nn(-c2ccccc2)c(CC(C)C)c1CC(=O)O. The van der Waals surface area contributed by atoms with Crippen LogP contribution in [-0.4, -0.2) is 20.9 Å². The largest absolute Gasteiger partial charge is 0.481 e. The van der Waals surface area contributed by atoms with Gasteiger partial charge in [-0.25, -0.2) is 4.68 Å². The number of para-hydroxylation sites is 1. The first-order valence-electron chi connectivity index (χ1n) is 8.25. The second-order valence-corrected chi connectivity index (χ2v) is 6.89. The van der Waals surface area contributed by atoms with Crippen LogP contribution >= 0.6 is 0 Å². The number of carbonyl (C=O) groups is 1. The van der Waals surface area contributed by atoms with Crippen LogP contribution in [0, 0.1) is 11.8 Å². The maximum atomic E-state index is 11.4. The molecule has 0 aliphatic rings. The maximum absolute atomic E-state index is 11.4. The zero-order chi connectivity index (χ0) is 17.0. The van der Waals surface area contributed by atoms with E-state index in [2.05, 4.69) is 27.7 Å². The summed E-state index contributed by atoms with van der Waals surface area (Å²) in [6.45, 7) is 8.56. The normalized spacial score (nSPS) is 11.4. The Morgan fingerprint density at radius 2 is 1.70 bits per heavy atom. The zero-order valence-corrected chi connectivity index (χ0v) is 14.4. The van der Waals surface area contributed by atoms with Crippen molar-refractivity contribution in [2.24, 2.45) is 11.8 Å². The minimum atomic E-state index is -0.798. The molecule has 0 saturated heterocycles. The van der Waals surface area contributed by atoms with Crippen LogP contribution in [0.15, 0.2) is 30.3 Å². The lowest BCUT2D eigenvalue weighted by atomic mass is 9.97. The van der Waals surface area contributed by atoms with Crippen LogP contribution in [0.1, 0.15) is 44.6 Å². The number of aliphatic carboxylic acids is 1. The van der Waals surface area contributed by atoms with Crippen molar-refractivity contribution < 1.29 is 9.90 Å². The van der Waals surface area contributed by atoms with Gasteiger partial charge in [0, 0.05) is 11.3 Å². The maximum Gasteiger partial charge on any atom is 0.307 e.